The molecule has 10 nitrogen and oxygen atoms in total. The van der Waals surface area contributed by atoms with Gasteiger partial charge in [-0.3, -0.25) is 14.6 Å². The van der Waals surface area contributed by atoms with E-state index in [1.807, 2.05) is 62.1 Å². The Morgan fingerprint density at radius 2 is 1.90 bits per heavy atom. The molecule has 4 aromatic rings. The van der Waals surface area contributed by atoms with E-state index in [-0.39, 0.29) is 17.6 Å². The maximum absolute atomic E-state index is 13.3. The first kappa shape index (κ1) is 25.8. The SMILES string of the molecule is CC(Oc1cc(-c2cc3n(n2)CCC32CCN(C(=O)NC(C)(C)c3ccncc3)C2)cnc1N)c1ccccn1. The second-order valence-electron chi connectivity index (χ2n) is 11.3. The van der Waals surface area contributed by atoms with Crippen LogP contribution in [0.15, 0.2) is 67.3 Å². The molecule has 0 bridgehead atoms. The molecule has 40 heavy (non-hydrogen) atoms. The van der Waals surface area contributed by atoms with Crippen molar-refractivity contribution < 1.29 is 9.53 Å². The molecule has 2 aliphatic heterocycles. The molecule has 2 atom stereocenters. The Hall–Kier alpha value is -4.47. The van der Waals surface area contributed by atoms with Crippen LogP contribution in [0.4, 0.5) is 10.6 Å². The van der Waals surface area contributed by atoms with Crippen LogP contribution in [-0.4, -0.2) is 48.8 Å². The van der Waals surface area contributed by atoms with Gasteiger partial charge in [-0.1, -0.05) is 6.07 Å². The van der Waals surface area contributed by atoms with Gasteiger partial charge in [0.2, 0.25) is 0 Å². The summed E-state index contributed by atoms with van der Waals surface area (Å²) in [6.45, 7) is 8.13. The number of aryl methyl sites for hydroxylation is 1. The number of aromatic nitrogens is 5. The lowest BCUT2D eigenvalue weighted by Crippen LogP contribution is -2.48. The molecule has 0 saturated carbocycles. The minimum atomic E-state index is -0.504. The molecule has 3 N–H and O–H groups in total. The van der Waals surface area contributed by atoms with Crippen LogP contribution in [0.2, 0.25) is 0 Å². The molecule has 0 aromatic carbocycles. The first-order valence-corrected chi connectivity index (χ1v) is 13.6. The number of nitrogens with one attached hydrogen (secondary N) is 1. The van der Waals surface area contributed by atoms with Crippen LogP contribution in [0.5, 0.6) is 5.75 Å². The van der Waals surface area contributed by atoms with Gasteiger partial charge in [0.05, 0.1) is 16.9 Å². The Kier molecular flexibility index (Phi) is 6.40. The first-order chi connectivity index (χ1) is 19.2. The maximum atomic E-state index is 13.3. The van der Waals surface area contributed by atoms with Crippen LogP contribution >= 0.6 is 0 Å². The summed E-state index contributed by atoms with van der Waals surface area (Å²) in [5.41, 5.74) is 10.2. The highest BCUT2D eigenvalue weighted by atomic mass is 16.5. The molecule has 4 aromatic heterocycles. The Bertz CT molecular complexity index is 1520. The number of ether oxygens (including phenoxy) is 1. The molecule has 2 aliphatic rings. The number of carbonyl (C=O) groups excluding carboxylic acids is 1. The molecule has 1 saturated heterocycles. The molecule has 1 fully saturated rings. The fraction of sp³-hybridized carbons (Fsp3) is 0.367. The summed E-state index contributed by atoms with van der Waals surface area (Å²) in [6.07, 6.45) is 8.55. The number of rotatable bonds is 6. The van der Waals surface area contributed by atoms with E-state index >= 15 is 0 Å². The van der Waals surface area contributed by atoms with Gasteiger partial charge < -0.3 is 20.7 Å². The molecule has 2 unspecified atom stereocenters. The zero-order valence-corrected chi connectivity index (χ0v) is 23.0. The topological polar surface area (TPSA) is 124 Å². The average molecular weight is 539 g/mol. The summed E-state index contributed by atoms with van der Waals surface area (Å²) < 4.78 is 8.21. The van der Waals surface area contributed by atoms with Gasteiger partial charge in [-0.25, -0.2) is 9.78 Å². The third-order valence-corrected chi connectivity index (χ3v) is 8.17. The number of hydrogen-bond acceptors (Lipinski definition) is 7. The van der Waals surface area contributed by atoms with Crippen molar-refractivity contribution in [2.45, 2.75) is 57.2 Å². The number of urea groups is 1. The highest BCUT2D eigenvalue weighted by Gasteiger charge is 2.47. The number of fused-ring (bicyclic) bond motifs is 2. The van der Waals surface area contributed by atoms with Gasteiger partial charge in [-0.2, -0.15) is 5.10 Å². The highest BCUT2D eigenvalue weighted by molar-refractivity contribution is 5.76. The molecule has 206 valence electrons. The van der Waals surface area contributed by atoms with Gasteiger partial charge in [0.1, 0.15) is 6.10 Å². The normalized spacial score (nSPS) is 19.0. The molecule has 10 heteroatoms. The number of likely N-dealkylation sites (tertiary alicyclic amines) is 1. The van der Waals surface area contributed by atoms with Crippen molar-refractivity contribution in [1.82, 2.24) is 34.9 Å². The summed E-state index contributed by atoms with van der Waals surface area (Å²) in [7, 11) is 0. The largest absolute Gasteiger partial charge is 0.481 e. The van der Waals surface area contributed by atoms with Gasteiger partial charge in [0.25, 0.3) is 0 Å². The summed E-state index contributed by atoms with van der Waals surface area (Å²) in [5, 5.41) is 8.11. The highest BCUT2D eigenvalue weighted by Crippen LogP contribution is 2.44. The second-order valence-corrected chi connectivity index (χ2v) is 11.3. The Morgan fingerprint density at radius 1 is 1.10 bits per heavy atom. The van der Waals surface area contributed by atoms with E-state index in [4.69, 9.17) is 15.6 Å². The second kappa shape index (κ2) is 9.93. The minimum Gasteiger partial charge on any atom is -0.481 e. The van der Waals surface area contributed by atoms with Crippen molar-refractivity contribution in [3.05, 3.63) is 84.2 Å². The van der Waals surface area contributed by atoms with Gasteiger partial charge >= 0.3 is 6.03 Å². The van der Waals surface area contributed by atoms with Crippen LogP contribution in [0.1, 0.15) is 56.7 Å². The maximum Gasteiger partial charge on any atom is 0.318 e. The van der Waals surface area contributed by atoms with Crippen molar-refractivity contribution in [2.75, 3.05) is 18.8 Å². The fourth-order valence-electron chi connectivity index (χ4n) is 5.81. The minimum absolute atomic E-state index is 0.0524. The van der Waals surface area contributed by atoms with Crippen LogP contribution < -0.4 is 15.8 Å². The van der Waals surface area contributed by atoms with Crippen molar-refractivity contribution in [1.29, 1.82) is 0 Å². The van der Waals surface area contributed by atoms with E-state index in [2.05, 4.69) is 31.0 Å². The van der Waals surface area contributed by atoms with Crippen molar-refractivity contribution in [3.8, 4) is 17.0 Å². The Morgan fingerprint density at radius 3 is 2.67 bits per heavy atom. The predicted octanol–water partition coefficient (Wildman–Crippen LogP) is 4.45. The third kappa shape index (κ3) is 4.74. The lowest BCUT2D eigenvalue weighted by atomic mass is 9.82. The van der Waals surface area contributed by atoms with Gasteiger partial charge in [-0.15, -0.1) is 0 Å². The van der Waals surface area contributed by atoms with Crippen LogP contribution in [-0.2, 0) is 17.5 Å². The van der Waals surface area contributed by atoms with Crippen LogP contribution in [0, 0.1) is 0 Å². The average Bonchev–Trinajstić information content (AvgIpc) is 3.67. The Balaban J connectivity index is 1.18. The van der Waals surface area contributed by atoms with E-state index < -0.39 is 5.54 Å². The van der Waals surface area contributed by atoms with E-state index in [1.165, 1.54) is 0 Å². The molecular formula is C30H34N8O2. The number of nitrogen functional groups attached to an aromatic ring is 1. The summed E-state index contributed by atoms with van der Waals surface area (Å²) >= 11 is 0. The van der Waals surface area contributed by atoms with Crippen molar-refractivity contribution >= 4 is 11.8 Å². The van der Waals surface area contributed by atoms with Gasteiger partial charge in [-0.05, 0) is 75.6 Å². The lowest BCUT2D eigenvalue weighted by Gasteiger charge is -2.30. The van der Waals surface area contributed by atoms with E-state index in [0.29, 0.717) is 24.7 Å². The molecule has 6 heterocycles. The number of anilines is 1. The smallest absolute Gasteiger partial charge is 0.318 e. The first-order valence-electron chi connectivity index (χ1n) is 13.6. The number of nitrogens with two attached hydrogens (primary N) is 1. The molecule has 2 amide bonds. The summed E-state index contributed by atoms with van der Waals surface area (Å²) in [5.74, 6) is 0.820. The van der Waals surface area contributed by atoms with E-state index in [1.54, 1.807) is 24.8 Å². The Labute approximate surface area is 233 Å². The molecule has 0 aliphatic carbocycles. The van der Waals surface area contributed by atoms with Crippen LogP contribution in [0.3, 0.4) is 0 Å². The number of hydrogen-bond donors (Lipinski definition) is 2. The number of pyridine rings is 3. The zero-order chi connectivity index (χ0) is 27.9. The number of nitrogens with zero attached hydrogens (tertiary/aromatic N) is 6. The third-order valence-electron chi connectivity index (χ3n) is 8.17. The molecule has 1 spiro atoms. The van der Waals surface area contributed by atoms with Gasteiger partial charge in [0, 0.05) is 61.1 Å². The molecule has 6 rings (SSSR count). The van der Waals surface area contributed by atoms with E-state index in [0.717, 1.165) is 47.6 Å². The van der Waals surface area contributed by atoms with E-state index in [9.17, 15) is 4.79 Å². The van der Waals surface area contributed by atoms with Gasteiger partial charge in [0.15, 0.2) is 11.6 Å². The number of carbonyl (C=O) groups is 1. The van der Waals surface area contributed by atoms with Crippen molar-refractivity contribution in [3.63, 3.8) is 0 Å². The quantitative estimate of drug-likeness (QED) is 0.372. The van der Waals surface area contributed by atoms with Crippen molar-refractivity contribution in [2.24, 2.45) is 0 Å². The molecule has 0 radical (unpaired) electrons. The van der Waals surface area contributed by atoms with Crippen LogP contribution in [0.25, 0.3) is 11.3 Å². The zero-order valence-electron chi connectivity index (χ0n) is 23.0. The number of amides is 2. The monoisotopic (exact) mass is 538 g/mol. The molecular weight excluding hydrogens is 504 g/mol. The lowest BCUT2D eigenvalue weighted by molar-refractivity contribution is 0.194. The fourth-order valence-corrected chi connectivity index (χ4v) is 5.81. The summed E-state index contributed by atoms with van der Waals surface area (Å²) in [4.78, 5) is 28.1. The standard InChI is InChI=1S/C30H34N8O2/c1-20(23-6-4-5-11-33-23)40-25-16-21(18-34-27(25)31)24-17-26-30(10-15-38(26)36-24)9-14-37(19-30)28(39)35-29(2,3)22-7-12-32-13-8-22/h4-8,11-13,16-18,20H,9-10,14-15,19H2,1-3H3,(H2,31,34)(H,35,39). The predicted molar refractivity (Wildman–Crippen MR) is 151 cm³/mol. The summed E-state index contributed by atoms with van der Waals surface area (Å²) in [6, 6.07) is 13.6.